The van der Waals surface area contributed by atoms with Crippen LogP contribution in [0.15, 0.2) is 27.5 Å². The van der Waals surface area contributed by atoms with Crippen molar-refractivity contribution in [3.8, 4) is 0 Å². The molecule has 1 fully saturated rings. The van der Waals surface area contributed by atoms with Gasteiger partial charge in [0.25, 0.3) is 0 Å². The molecular formula is C14H14NO5S-. The van der Waals surface area contributed by atoms with Crippen LogP contribution in [0.4, 0.5) is 0 Å². The molecule has 7 heteroatoms. The largest absolute Gasteiger partial charge is 0.542 e. The summed E-state index contributed by atoms with van der Waals surface area (Å²) >= 11 is 0. The molecular weight excluding hydrogens is 294 g/mol. The Morgan fingerprint density at radius 2 is 1.95 bits per heavy atom. The second-order valence-electron chi connectivity index (χ2n) is 5.11. The molecule has 0 amide bonds. The van der Waals surface area contributed by atoms with Crippen LogP contribution in [0.2, 0.25) is 0 Å². The molecule has 1 aromatic heterocycles. The van der Waals surface area contributed by atoms with Crippen LogP contribution in [-0.4, -0.2) is 31.8 Å². The number of rotatable bonds is 3. The van der Waals surface area contributed by atoms with Crippen molar-refractivity contribution in [1.29, 1.82) is 0 Å². The first-order chi connectivity index (χ1) is 9.91. The van der Waals surface area contributed by atoms with Crippen LogP contribution in [0.1, 0.15) is 29.0 Å². The third kappa shape index (κ3) is 2.22. The van der Waals surface area contributed by atoms with Crippen molar-refractivity contribution < 1.29 is 22.7 Å². The molecule has 0 atom stereocenters. The van der Waals surface area contributed by atoms with Gasteiger partial charge in [0.15, 0.2) is 5.76 Å². The second-order valence-corrected chi connectivity index (χ2v) is 7.05. The van der Waals surface area contributed by atoms with E-state index >= 15 is 0 Å². The van der Waals surface area contributed by atoms with Crippen molar-refractivity contribution in [3.63, 3.8) is 0 Å². The van der Waals surface area contributed by atoms with Gasteiger partial charge in [-0.2, -0.15) is 4.31 Å². The lowest BCUT2D eigenvalue weighted by atomic mass is 10.1. The van der Waals surface area contributed by atoms with E-state index in [1.54, 1.807) is 6.92 Å². The number of fused-ring (bicyclic) bond motifs is 1. The Labute approximate surface area is 122 Å². The first kappa shape index (κ1) is 14.1. The van der Waals surface area contributed by atoms with Gasteiger partial charge in [-0.1, -0.05) is 0 Å². The Bertz CT molecular complexity index is 815. The van der Waals surface area contributed by atoms with Crippen molar-refractivity contribution in [1.82, 2.24) is 4.31 Å². The summed E-state index contributed by atoms with van der Waals surface area (Å²) in [7, 11) is -3.53. The van der Waals surface area contributed by atoms with Gasteiger partial charge in [0.1, 0.15) is 11.6 Å². The lowest BCUT2D eigenvalue weighted by Crippen LogP contribution is -2.27. The molecule has 0 N–H and O–H groups in total. The molecule has 1 aliphatic heterocycles. The molecule has 1 aromatic carbocycles. The highest BCUT2D eigenvalue weighted by molar-refractivity contribution is 7.89. The molecule has 2 heterocycles. The molecule has 1 saturated heterocycles. The monoisotopic (exact) mass is 308 g/mol. The highest BCUT2D eigenvalue weighted by atomic mass is 32.2. The fourth-order valence-corrected chi connectivity index (χ4v) is 4.18. The van der Waals surface area contributed by atoms with E-state index in [4.69, 9.17) is 4.42 Å². The molecule has 0 spiro atoms. The number of carbonyl (C=O) groups is 1. The smallest absolute Gasteiger partial charge is 0.243 e. The fraction of sp³-hybridized carbons (Fsp3) is 0.357. The summed E-state index contributed by atoms with van der Waals surface area (Å²) in [5.74, 6) is -1.67. The summed E-state index contributed by atoms with van der Waals surface area (Å²) in [6, 6.07) is 4.39. The van der Waals surface area contributed by atoms with Crippen LogP contribution in [0.25, 0.3) is 11.0 Å². The molecule has 0 bridgehead atoms. The molecule has 21 heavy (non-hydrogen) atoms. The second kappa shape index (κ2) is 4.85. The van der Waals surface area contributed by atoms with Gasteiger partial charge in [0.2, 0.25) is 10.0 Å². The van der Waals surface area contributed by atoms with E-state index in [2.05, 4.69) is 0 Å². The SMILES string of the molecule is Cc1c(C(=O)[O-])oc2ccc(S(=O)(=O)N3CCCC3)cc12. The lowest BCUT2D eigenvalue weighted by Gasteiger charge is -2.15. The maximum Gasteiger partial charge on any atom is 0.243 e. The minimum atomic E-state index is -3.53. The zero-order valence-electron chi connectivity index (χ0n) is 11.5. The van der Waals surface area contributed by atoms with Crippen LogP contribution < -0.4 is 5.11 Å². The third-order valence-corrected chi connectivity index (χ3v) is 5.69. The Morgan fingerprint density at radius 1 is 1.29 bits per heavy atom. The molecule has 112 valence electrons. The maximum absolute atomic E-state index is 12.5. The average Bonchev–Trinajstić information content (AvgIpc) is 3.07. The van der Waals surface area contributed by atoms with E-state index in [9.17, 15) is 18.3 Å². The van der Waals surface area contributed by atoms with E-state index in [1.807, 2.05) is 0 Å². The van der Waals surface area contributed by atoms with Crippen molar-refractivity contribution >= 4 is 27.0 Å². The van der Waals surface area contributed by atoms with E-state index in [0.29, 0.717) is 29.6 Å². The number of aryl methyl sites for hydroxylation is 1. The fourth-order valence-electron chi connectivity index (χ4n) is 2.63. The first-order valence-electron chi connectivity index (χ1n) is 6.66. The maximum atomic E-state index is 12.5. The van der Waals surface area contributed by atoms with E-state index in [0.717, 1.165) is 12.8 Å². The van der Waals surface area contributed by atoms with E-state index in [1.165, 1.54) is 22.5 Å². The summed E-state index contributed by atoms with van der Waals surface area (Å²) in [6.07, 6.45) is 1.72. The number of benzene rings is 1. The van der Waals surface area contributed by atoms with Crippen molar-refractivity contribution in [3.05, 3.63) is 29.5 Å². The topological polar surface area (TPSA) is 90.6 Å². The van der Waals surface area contributed by atoms with Gasteiger partial charge in [-0.3, -0.25) is 0 Å². The van der Waals surface area contributed by atoms with Crippen LogP contribution in [0.3, 0.4) is 0 Å². The average molecular weight is 308 g/mol. The Morgan fingerprint density at radius 3 is 2.57 bits per heavy atom. The predicted octanol–water partition coefficient (Wildman–Crippen LogP) is 0.889. The first-order valence-corrected chi connectivity index (χ1v) is 8.10. The highest BCUT2D eigenvalue weighted by Gasteiger charge is 2.27. The predicted molar refractivity (Wildman–Crippen MR) is 73.3 cm³/mol. The molecule has 0 aliphatic carbocycles. The number of carboxylic acids is 1. The Kier molecular flexibility index (Phi) is 3.26. The highest BCUT2D eigenvalue weighted by Crippen LogP contribution is 2.29. The number of furan rings is 1. The van der Waals surface area contributed by atoms with Gasteiger partial charge in [-0.25, -0.2) is 8.42 Å². The van der Waals surface area contributed by atoms with Gasteiger partial charge in [-0.05, 0) is 38.0 Å². The standard InChI is InChI=1S/C14H15NO5S/c1-9-11-8-10(21(18,19)15-6-2-3-7-15)4-5-12(11)20-13(9)14(16)17/h4-5,8H,2-3,6-7H2,1H3,(H,16,17)/p-1. The molecule has 3 rings (SSSR count). The zero-order chi connectivity index (χ0) is 15.2. The Balaban J connectivity index is 2.13. The normalized spacial score (nSPS) is 16.6. The third-order valence-electron chi connectivity index (χ3n) is 3.80. The molecule has 0 saturated carbocycles. The summed E-state index contributed by atoms with van der Waals surface area (Å²) in [6.45, 7) is 2.62. The van der Waals surface area contributed by atoms with Crippen LogP contribution in [-0.2, 0) is 10.0 Å². The number of carbonyl (C=O) groups excluding carboxylic acids is 1. The molecule has 0 radical (unpaired) electrons. The van der Waals surface area contributed by atoms with Crippen LogP contribution >= 0.6 is 0 Å². The molecule has 2 aromatic rings. The number of nitrogens with zero attached hydrogens (tertiary/aromatic N) is 1. The Hall–Kier alpha value is -1.86. The number of hydrogen-bond donors (Lipinski definition) is 0. The van der Waals surface area contributed by atoms with Gasteiger partial charge < -0.3 is 14.3 Å². The summed E-state index contributed by atoms with van der Waals surface area (Å²) < 4.78 is 31.6. The summed E-state index contributed by atoms with van der Waals surface area (Å²) in [4.78, 5) is 11.1. The van der Waals surface area contributed by atoms with Gasteiger partial charge >= 0.3 is 0 Å². The number of aromatic carboxylic acids is 1. The number of carboxylic acid groups (broad SMARTS) is 1. The number of sulfonamides is 1. The van der Waals surface area contributed by atoms with Crippen molar-refractivity contribution in [2.45, 2.75) is 24.7 Å². The van der Waals surface area contributed by atoms with Crippen LogP contribution in [0, 0.1) is 6.92 Å². The number of hydrogen-bond acceptors (Lipinski definition) is 5. The molecule has 0 unspecified atom stereocenters. The lowest BCUT2D eigenvalue weighted by molar-refractivity contribution is -0.257. The molecule has 1 aliphatic rings. The van der Waals surface area contributed by atoms with Crippen LogP contribution in [0.5, 0.6) is 0 Å². The minimum Gasteiger partial charge on any atom is -0.542 e. The van der Waals surface area contributed by atoms with E-state index in [-0.39, 0.29) is 10.7 Å². The van der Waals surface area contributed by atoms with E-state index < -0.39 is 16.0 Å². The van der Waals surface area contributed by atoms with Gasteiger partial charge in [0.05, 0.1) is 4.90 Å². The summed E-state index contributed by atoms with van der Waals surface area (Å²) in [5, 5.41) is 11.4. The molecule has 6 nitrogen and oxygen atoms in total. The minimum absolute atomic E-state index is 0.158. The van der Waals surface area contributed by atoms with Crippen molar-refractivity contribution in [2.75, 3.05) is 13.1 Å². The quantitative estimate of drug-likeness (QED) is 0.840. The van der Waals surface area contributed by atoms with Gasteiger partial charge in [0, 0.05) is 24.0 Å². The zero-order valence-corrected chi connectivity index (χ0v) is 12.3. The van der Waals surface area contributed by atoms with Crippen molar-refractivity contribution in [2.24, 2.45) is 0 Å². The van der Waals surface area contributed by atoms with Gasteiger partial charge in [-0.15, -0.1) is 0 Å². The summed E-state index contributed by atoms with van der Waals surface area (Å²) in [5.41, 5.74) is 0.718.